The second-order valence-electron chi connectivity index (χ2n) is 4.55. The van der Waals surface area contributed by atoms with E-state index < -0.39 is 0 Å². The van der Waals surface area contributed by atoms with Gasteiger partial charge in [0.2, 0.25) is 0 Å². The summed E-state index contributed by atoms with van der Waals surface area (Å²) in [4.78, 5) is 0. The fourth-order valence-corrected chi connectivity index (χ4v) is 2.69. The molecule has 0 amide bonds. The first-order chi connectivity index (χ1) is 5.61. The molecule has 66 valence electrons. The van der Waals surface area contributed by atoms with Gasteiger partial charge < -0.3 is 0 Å². The molecule has 0 aliphatic heterocycles. The molecule has 0 nitrogen and oxygen atoms in total. The molecular weight excluding hydrogens is 144 g/mol. The molecule has 0 saturated heterocycles. The van der Waals surface area contributed by atoms with Crippen LogP contribution in [0.5, 0.6) is 0 Å². The van der Waals surface area contributed by atoms with Crippen LogP contribution in [0.4, 0.5) is 0 Å². The highest BCUT2D eigenvalue weighted by molar-refractivity contribution is 5.36. The van der Waals surface area contributed by atoms with Gasteiger partial charge in [-0.15, -0.1) is 0 Å². The van der Waals surface area contributed by atoms with E-state index in [1.807, 2.05) is 0 Å². The molecule has 2 aliphatic carbocycles. The van der Waals surface area contributed by atoms with Gasteiger partial charge in [0.25, 0.3) is 0 Å². The van der Waals surface area contributed by atoms with Gasteiger partial charge in [0.05, 0.1) is 0 Å². The molecule has 0 aromatic rings. The lowest BCUT2D eigenvalue weighted by atomic mass is 9.61. The Morgan fingerprint density at radius 3 is 1.42 bits per heavy atom. The van der Waals surface area contributed by atoms with Gasteiger partial charge in [0, 0.05) is 0 Å². The Morgan fingerprint density at radius 1 is 0.750 bits per heavy atom. The monoisotopic (exact) mass is 162 g/mol. The van der Waals surface area contributed by atoms with E-state index in [4.69, 9.17) is 0 Å². The Balaban J connectivity index is 2.24. The first kappa shape index (κ1) is 8.10. The maximum atomic E-state index is 2.31. The average Bonchev–Trinajstić information content (AvgIpc) is 2.08. The molecule has 0 N–H and O–H groups in total. The normalized spacial score (nSPS) is 35.0. The molecule has 0 aromatic heterocycles. The summed E-state index contributed by atoms with van der Waals surface area (Å²) < 4.78 is 0. The Kier molecular flexibility index (Phi) is 1.67. The van der Waals surface area contributed by atoms with Gasteiger partial charge in [0.1, 0.15) is 0 Å². The van der Waals surface area contributed by atoms with Crippen LogP contribution in [0, 0.1) is 11.8 Å². The predicted molar refractivity (Wildman–Crippen MR) is 53.0 cm³/mol. The number of rotatable bonds is 0. The molecule has 0 unspecified atom stereocenters. The molecule has 0 saturated carbocycles. The van der Waals surface area contributed by atoms with Crippen molar-refractivity contribution in [3.05, 3.63) is 22.3 Å². The highest BCUT2D eigenvalue weighted by atomic mass is 14.4. The zero-order valence-corrected chi connectivity index (χ0v) is 8.57. The second kappa shape index (κ2) is 2.48. The van der Waals surface area contributed by atoms with Crippen LogP contribution in [0.3, 0.4) is 0 Å². The molecule has 0 fully saturated rings. The van der Waals surface area contributed by atoms with Crippen molar-refractivity contribution in [3.63, 3.8) is 0 Å². The lowest BCUT2D eigenvalue weighted by Crippen LogP contribution is -2.31. The fraction of sp³-hybridized carbons (Fsp3) is 0.667. The van der Waals surface area contributed by atoms with E-state index in [2.05, 4.69) is 27.7 Å². The molecule has 0 heterocycles. The minimum atomic E-state index is 0.911. The maximum absolute atomic E-state index is 2.31. The third kappa shape index (κ3) is 0.903. The van der Waals surface area contributed by atoms with Crippen molar-refractivity contribution in [2.45, 2.75) is 40.5 Å². The Labute approximate surface area is 75.4 Å². The summed E-state index contributed by atoms with van der Waals surface area (Å²) in [6.07, 6.45) is 2.67. The van der Waals surface area contributed by atoms with Gasteiger partial charge in [-0.3, -0.25) is 0 Å². The molecule has 12 heavy (non-hydrogen) atoms. The van der Waals surface area contributed by atoms with Crippen LogP contribution in [0.25, 0.3) is 0 Å². The quantitative estimate of drug-likeness (QED) is 0.476. The first-order valence-corrected chi connectivity index (χ1v) is 4.93. The van der Waals surface area contributed by atoms with Gasteiger partial charge in [-0.25, -0.2) is 0 Å². The van der Waals surface area contributed by atoms with E-state index in [1.165, 1.54) is 12.8 Å². The summed E-state index contributed by atoms with van der Waals surface area (Å²) in [6, 6.07) is 0. The van der Waals surface area contributed by atoms with Crippen molar-refractivity contribution < 1.29 is 0 Å². The smallest absolute Gasteiger partial charge is 0.00974 e. The molecule has 2 aliphatic rings. The fourth-order valence-electron chi connectivity index (χ4n) is 2.69. The van der Waals surface area contributed by atoms with Crippen molar-refractivity contribution in [1.82, 2.24) is 0 Å². The van der Waals surface area contributed by atoms with Gasteiger partial charge >= 0.3 is 0 Å². The van der Waals surface area contributed by atoms with Crippen LogP contribution in [0.15, 0.2) is 22.3 Å². The number of fused-ring (bicyclic) bond motifs is 1. The Morgan fingerprint density at radius 2 is 1.08 bits per heavy atom. The third-order valence-electron chi connectivity index (χ3n) is 4.00. The van der Waals surface area contributed by atoms with Crippen LogP contribution in [-0.2, 0) is 0 Å². The Bertz CT molecular complexity index is 240. The van der Waals surface area contributed by atoms with E-state index in [1.54, 1.807) is 22.3 Å². The zero-order chi connectivity index (χ0) is 8.88. The molecule has 0 aromatic carbocycles. The van der Waals surface area contributed by atoms with E-state index in [9.17, 15) is 0 Å². The van der Waals surface area contributed by atoms with Gasteiger partial charge in [0.15, 0.2) is 0 Å². The lowest BCUT2D eigenvalue weighted by Gasteiger charge is -2.44. The van der Waals surface area contributed by atoms with Crippen LogP contribution in [-0.4, -0.2) is 0 Å². The molecule has 0 radical (unpaired) electrons. The molecule has 0 heteroatoms. The van der Waals surface area contributed by atoms with Crippen molar-refractivity contribution in [2.75, 3.05) is 0 Å². The third-order valence-corrected chi connectivity index (χ3v) is 4.00. The Hall–Kier alpha value is -0.520. The predicted octanol–water partition coefficient (Wildman–Crippen LogP) is 3.70. The molecular formula is C12H18. The van der Waals surface area contributed by atoms with E-state index in [0.29, 0.717) is 0 Å². The number of allylic oxidation sites excluding steroid dienone is 4. The lowest BCUT2D eigenvalue weighted by molar-refractivity contribution is 0.337. The van der Waals surface area contributed by atoms with Crippen LogP contribution in [0.1, 0.15) is 40.5 Å². The molecule has 0 bridgehead atoms. The molecule has 2 rings (SSSR count). The largest absolute Gasteiger partial charge is 0.0738 e. The average molecular weight is 162 g/mol. The maximum Gasteiger partial charge on any atom is -0.00974 e. The summed E-state index contributed by atoms with van der Waals surface area (Å²) in [5.41, 5.74) is 6.63. The zero-order valence-electron chi connectivity index (χ0n) is 8.57. The summed E-state index contributed by atoms with van der Waals surface area (Å²) >= 11 is 0. The SMILES string of the molecule is CC1=C(C)C[C@H]2C(C)=C(C)[C@H]2C1. The van der Waals surface area contributed by atoms with E-state index in [0.717, 1.165) is 11.8 Å². The van der Waals surface area contributed by atoms with Crippen molar-refractivity contribution >= 4 is 0 Å². The topological polar surface area (TPSA) is 0 Å². The minimum Gasteiger partial charge on any atom is -0.0738 e. The summed E-state index contributed by atoms with van der Waals surface area (Å²) in [5.74, 6) is 1.82. The van der Waals surface area contributed by atoms with E-state index in [-0.39, 0.29) is 0 Å². The second-order valence-corrected chi connectivity index (χ2v) is 4.55. The van der Waals surface area contributed by atoms with E-state index >= 15 is 0 Å². The van der Waals surface area contributed by atoms with Gasteiger partial charge in [-0.1, -0.05) is 22.3 Å². The number of hydrogen-bond donors (Lipinski definition) is 0. The highest BCUT2D eigenvalue weighted by Gasteiger charge is 2.37. The van der Waals surface area contributed by atoms with Gasteiger partial charge in [-0.2, -0.15) is 0 Å². The summed E-state index contributed by atoms with van der Waals surface area (Å²) in [5, 5.41) is 0. The van der Waals surface area contributed by atoms with Crippen molar-refractivity contribution in [3.8, 4) is 0 Å². The number of hydrogen-bond acceptors (Lipinski definition) is 0. The van der Waals surface area contributed by atoms with Crippen LogP contribution in [0.2, 0.25) is 0 Å². The summed E-state index contributed by atoms with van der Waals surface area (Å²) in [6.45, 7) is 9.22. The van der Waals surface area contributed by atoms with Gasteiger partial charge in [-0.05, 0) is 52.4 Å². The molecule has 0 spiro atoms. The van der Waals surface area contributed by atoms with Crippen molar-refractivity contribution in [1.29, 1.82) is 0 Å². The summed E-state index contributed by atoms with van der Waals surface area (Å²) in [7, 11) is 0. The molecule has 2 atom stereocenters. The highest BCUT2D eigenvalue weighted by Crippen LogP contribution is 2.50. The first-order valence-electron chi connectivity index (χ1n) is 4.93. The van der Waals surface area contributed by atoms with Crippen molar-refractivity contribution in [2.24, 2.45) is 11.8 Å². The minimum absolute atomic E-state index is 0.911. The van der Waals surface area contributed by atoms with Crippen LogP contribution < -0.4 is 0 Å². The standard InChI is InChI=1S/C12H18/c1-7-5-11-9(3)10(4)12(11)6-8(7)2/h11-12H,5-6H2,1-4H3/t11-,12+. The van der Waals surface area contributed by atoms with Crippen LogP contribution >= 0.6 is 0 Å².